The van der Waals surface area contributed by atoms with Crippen LogP contribution in [0.4, 0.5) is 0 Å². The Balaban J connectivity index is 2.01. The fourth-order valence-corrected chi connectivity index (χ4v) is 2.48. The Morgan fingerprint density at radius 3 is 3.00 bits per heavy atom. The van der Waals surface area contributed by atoms with E-state index in [2.05, 4.69) is 0 Å². The standard InChI is InChI=1S/C8H10O3/c9-7-4-1-5-6(7)3-11-8(5)10-2-4/h4-6,8H,1-3H2. The lowest BCUT2D eigenvalue weighted by Gasteiger charge is -2.23. The zero-order chi connectivity index (χ0) is 7.42. The van der Waals surface area contributed by atoms with Gasteiger partial charge < -0.3 is 9.47 Å². The van der Waals surface area contributed by atoms with Crippen LogP contribution >= 0.6 is 0 Å². The smallest absolute Gasteiger partial charge is 0.161 e. The van der Waals surface area contributed by atoms with Crippen LogP contribution in [-0.2, 0) is 14.3 Å². The third-order valence-corrected chi connectivity index (χ3v) is 3.09. The summed E-state index contributed by atoms with van der Waals surface area (Å²) in [7, 11) is 0. The average Bonchev–Trinajstić information content (AvgIpc) is 2.51. The number of ketones is 1. The van der Waals surface area contributed by atoms with Crippen LogP contribution in [0.2, 0.25) is 0 Å². The molecule has 1 aliphatic carbocycles. The first-order valence-corrected chi connectivity index (χ1v) is 4.13. The molecule has 4 unspecified atom stereocenters. The molecule has 1 saturated carbocycles. The van der Waals surface area contributed by atoms with E-state index in [-0.39, 0.29) is 18.1 Å². The molecule has 2 saturated heterocycles. The maximum absolute atomic E-state index is 11.5. The molecule has 3 rings (SSSR count). The zero-order valence-corrected chi connectivity index (χ0v) is 6.16. The van der Waals surface area contributed by atoms with Gasteiger partial charge >= 0.3 is 0 Å². The summed E-state index contributed by atoms with van der Waals surface area (Å²) in [5, 5.41) is 0. The van der Waals surface area contributed by atoms with Crippen molar-refractivity contribution in [1.82, 2.24) is 0 Å². The second-order valence-electron chi connectivity index (χ2n) is 3.64. The number of fused-ring (bicyclic) bond motifs is 1. The molecule has 60 valence electrons. The first-order chi connectivity index (χ1) is 5.36. The Hall–Kier alpha value is -0.410. The van der Waals surface area contributed by atoms with Crippen LogP contribution in [0.25, 0.3) is 0 Å². The molecule has 3 fully saturated rings. The summed E-state index contributed by atoms with van der Waals surface area (Å²) < 4.78 is 10.7. The van der Waals surface area contributed by atoms with Gasteiger partial charge in [-0.15, -0.1) is 0 Å². The number of Topliss-reactive ketones (excluding diaryl/α,β-unsaturated/α-hetero) is 1. The number of rotatable bonds is 0. The van der Waals surface area contributed by atoms with Crippen molar-refractivity contribution in [3.63, 3.8) is 0 Å². The van der Waals surface area contributed by atoms with E-state index in [1.165, 1.54) is 0 Å². The van der Waals surface area contributed by atoms with E-state index < -0.39 is 0 Å². The van der Waals surface area contributed by atoms with Crippen molar-refractivity contribution in [3.8, 4) is 0 Å². The van der Waals surface area contributed by atoms with Crippen LogP contribution in [0.1, 0.15) is 6.42 Å². The summed E-state index contributed by atoms with van der Waals surface area (Å²) in [6.45, 7) is 1.20. The Labute approximate surface area is 64.7 Å². The Kier molecular flexibility index (Phi) is 1.03. The van der Waals surface area contributed by atoms with Gasteiger partial charge in [-0.05, 0) is 6.42 Å². The third kappa shape index (κ3) is 0.631. The van der Waals surface area contributed by atoms with E-state index >= 15 is 0 Å². The summed E-state index contributed by atoms with van der Waals surface area (Å²) in [6, 6.07) is 0. The molecule has 4 atom stereocenters. The minimum atomic E-state index is -0.0531. The summed E-state index contributed by atoms with van der Waals surface area (Å²) in [5.74, 6) is 1.15. The predicted octanol–water partition coefficient (Wildman–Crippen LogP) is 0.194. The van der Waals surface area contributed by atoms with Crippen LogP contribution in [0.5, 0.6) is 0 Å². The average molecular weight is 154 g/mol. The number of ether oxygens (including phenoxy) is 2. The van der Waals surface area contributed by atoms with Gasteiger partial charge in [0.25, 0.3) is 0 Å². The quantitative estimate of drug-likeness (QED) is 0.499. The van der Waals surface area contributed by atoms with Gasteiger partial charge in [0.15, 0.2) is 6.29 Å². The maximum atomic E-state index is 11.5. The van der Waals surface area contributed by atoms with Crippen LogP contribution in [0.3, 0.4) is 0 Å². The third-order valence-electron chi connectivity index (χ3n) is 3.09. The Morgan fingerprint density at radius 1 is 1.27 bits per heavy atom. The number of hydrogen-bond acceptors (Lipinski definition) is 3. The molecule has 3 nitrogen and oxygen atoms in total. The second kappa shape index (κ2) is 1.84. The molecule has 2 bridgehead atoms. The fraction of sp³-hybridized carbons (Fsp3) is 0.875. The largest absolute Gasteiger partial charge is 0.352 e. The minimum Gasteiger partial charge on any atom is -0.352 e. The number of hydrogen-bond donors (Lipinski definition) is 0. The Bertz CT molecular complexity index is 213. The molecule has 0 aromatic rings. The van der Waals surface area contributed by atoms with Crippen LogP contribution < -0.4 is 0 Å². The minimum absolute atomic E-state index is 0.0531. The molecule has 3 aliphatic rings. The summed E-state index contributed by atoms with van der Waals surface area (Å²) in [5.41, 5.74) is 0. The lowest BCUT2D eigenvalue weighted by molar-refractivity contribution is -0.165. The molecule has 0 N–H and O–H groups in total. The van der Waals surface area contributed by atoms with E-state index in [1.54, 1.807) is 0 Å². The SMILES string of the molecule is O=C1C2COC3OCC1C3C2. The van der Waals surface area contributed by atoms with E-state index in [1.807, 2.05) is 0 Å². The monoisotopic (exact) mass is 154 g/mol. The Morgan fingerprint density at radius 2 is 2.09 bits per heavy atom. The maximum Gasteiger partial charge on any atom is 0.161 e. The van der Waals surface area contributed by atoms with Gasteiger partial charge in [0.1, 0.15) is 5.78 Å². The highest BCUT2D eigenvalue weighted by atomic mass is 16.7. The van der Waals surface area contributed by atoms with Crippen molar-refractivity contribution >= 4 is 5.78 Å². The van der Waals surface area contributed by atoms with Crippen molar-refractivity contribution in [3.05, 3.63) is 0 Å². The lowest BCUT2D eigenvalue weighted by atomic mass is 9.99. The van der Waals surface area contributed by atoms with Gasteiger partial charge in [0.2, 0.25) is 0 Å². The lowest BCUT2D eigenvalue weighted by Crippen LogP contribution is -2.29. The van der Waals surface area contributed by atoms with E-state index in [4.69, 9.17) is 9.47 Å². The number of carbonyl (C=O) groups is 1. The molecular formula is C8H10O3. The van der Waals surface area contributed by atoms with E-state index in [0.29, 0.717) is 24.9 Å². The van der Waals surface area contributed by atoms with Crippen molar-refractivity contribution in [2.45, 2.75) is 12.7 Å². The van der Waals surface area contributed by atoms with Crippen molar-refractivity contribution in [1.29, 1.82) is 0 Å². The highest BCUT2D eigenvalue weighted by Crippen LogP contribution is 2.45. The number of carbonyl (C=O) groups excluding carboxylic acids is 1. The van der Waals surface area contributed by atoms with Gasteiger partial charge in [-0.2, -0.15) is 0 Å². The van der Waals surface area contributed by atoms with Crippen molar-refractivity contribution < 1.29 is 14.3 Å². The molecule has 2 aliphatic heterocycles. The van der Waals surface area contributed by atoms with E-state index in [0.717, 1.165) is 6.42 Å². The highest BCUT2D eigenvalue weighted by Gasteiger charge is 2.54. The molecule has 3 heteroatoms. The highest BCUT2D eigenvalue weighted by molar-refractivity contribution is 5.86. The van der Waals surface area contributed by atoms with Gasteiger partial charge in [0, 0.05) is 17.8 Å². The van der Waals surface area contributed by atoms with Crippen LogP contribution in [-0.4, -0.2) is 25.3 Å². The van der Waals surface area contributed by atoms with Crippen LogP contribution in [0, 0.1) is 17.8 Å². The first-order valence-electron chi connectivity index (χ1n) is 4.13. The molecule has 0 aromatic heterocycles. The van der Waals surface area contributed by atoms with Gasteiger partial charge in [-0.1, -0.05) is 0 Å². The summed E-state index contributed by atoms with van der Waals surface area (Å²) >= 11 is 0. The molecule has 2 heterocycles. The predicted molar refractivity (Wildman–Crippen MR) is 35.8 cm³/mol. The topological polar surface area (TPSA) is 35.5 Å². The molecule has 11 heavy (non-hydrogen) atoms. The van der Waals surface area contributed by atoms with Gasteiger partial charge in [-0.25, -0.2) is 0 Å². The van der Waals surface area contributed by atoms with Crippen molar-refractivity contribution in [2.75, 3.05) is 13.2 Å². The summed E-state index contributed by atoms with van der Waals surface area (Å²) in [6.07, 6.45) is 0.955. The second-order valence-corrected chi connectivity index (χ2v) is 3.64. The zero-order valence-electron chi connectivity index (χ0n) is 6.16. The summed E-state index contributed by atoms with van der Waals surface area (Å²) in [4.78, 5) is 11.5. The van der Waals surface area contributed by atoms with Crippen molar-refractivity contribution in [2.24, 2.45) is 17.8 Å². The fourth-order valence-electron chi connectivity index (χ4n) is 2.48. The molecule has 0 amide bonds. The van der Waals surface area contributed by atoms with Gasteiger partial charge in [0.05, 0.1) is 13.2 Å². The first kappa shape index (κ1) is 6.14. The molecule has 0 spiro atoms. The molecular weight excluding hydrogens is 144 g/mol. The molecule has 0 aromatic carbocycles. The molecule has 0 radical (unpaired) electrons. The normalized spacial score (nSPS) is 53.6. The van der Waals surface area contributed by atoms with Crippen LogP contribution in [0.15, 0.2) is 0 Å². The van der Waals surface area contributed by atoms with Gasteiger partial charge in [-0.3, -0.25) is 4.79 Å². The van der Waals surface area contributed by atoms with E-state index in [9.17, 15) is 4.79 Å².